The lowest BCUT2D eigenvalue weighted by Crippen LogP contribution is -2.26. The van der Waals surface area contributed by atoms with Crippen molar-refractivity contribution in [3.63, 3.8) is 0 Å². The summed E-state index contributed by atoms with van der Waals surface area (Å²) in [6.07, 6.45) is 2.63. The lowest BCUT2D eigenvalue weighted by Gasteiger charge is -2.18. The maximum Gasteiger partial charge on any atom is 0.338 e. The Hall–Kier alpha value is -2.34. The molecule has 3 N–H and O–H groups in total. The van der Waals surface area contributed by atoms with E-state index in [4.69, 9.17) is 10.5 Å². The fourth-order valence-electron chi connectivity index (χ4n) is 2.68. The molecule has 1 aliphatic rings. The number of esters is 1. The number of anilines is 1. The van der Waals surface area contributed by atoms with Crippen molar-refractivity contribution in [1.82, 2.24) is 4.98 Å². The number of nitrogens with zero attached hydrogens (tertiary/aromatic N) is 2. The number of benzene rings is 1. The molecule has 0 amide bonds. The summed E-state index contributed by atoms with van der Waals surface area (Å²) in [5.74, 6) is -0.403. The summed E-state index contributed by atoms with van der Waals surface area (Å²) in [6, 6.07) is 5.01. The molecule has 0 saturated carbocycles. The Labute approximate surface area is 122 Å². The topological polar surface area (TPSA) is 88.7 Å². The Morgan fingerprint density at radius 3 is 3.00 bits per heavy atom. The minimum Gasteiger partial charge on any atom is -0.506 e. The highest BCUT2D eigenvalue weighted by Crippen LogP contribution is 2.30. The van der Waals surface area contributed by atoms with E-state index in [1.54, 1.807) is 12.3 Å². The van der Waals surface area contributed by atoms with Crippen LogP contribution in [0, 0.1) is 0 Å². The average Bonchev–Trinajstić information content (AvgIpc) is 2.93. The maximum atomic E-state index is 11.9. The zero-order valence-electron chi connectivity index (χ0n) is 11.7. The molecule has 0 spiro atoms. The lowest BCUT2D eigenvalue weighted by molar-refractivity contribution is 0.0603. The Bertz CT molecular complexity index is 702. The quantitative estimate of drug-likeness (QED) is 0.808. The summed E-state index contributed by atoms with van der Waals surface area (Å²) in [4.78, 5) is 18.3. The summed E-state index contributed by atoms with van der Waals surface area (Å²) in [7, 11) is 1.33. The Morgan fingerprint density at radius 2 is 2.33 bits per heavy atom. The monoisotopic (exact) mass is 287 g/mol. The molecule has 6 heteroatoms. The van der Waals surface area contributed by atoms with Gasteiger partial charge in [0.05, 0.1) is 24.6 Å². The van der Waals surface area contributed by atoms with E-state index in [9.17, 15) is 9.90 Å². The first-order valence-electron chi connectivity index (χ1n) is 6.80. The summed E-state index contributed by atoms with van der Waals surface area (Å²) in [5, 5.41) is 10.5. The second-order valence-electron chi connectivity index (χ2n) is 5.21. The van der Waals surface area contributed by atoms with Crippen LogP contribution in [-0.2, 0) is 4.74 Å². The van der Waals surface area contributed by atoms with E-state index in [0.29, 0.717) is 16.5 Å². The minimum atomic E-state index is -0.447. The number of rotatable bonds is 2. The molecule has 110 valence electrons. The largest absolute Gasteiger partial charge is 0.506 e. The van der Waals surface area contributed by atoms with Gasteiger partial charge in [0, 0.05) is 24.5 Å². The molecule has 6 nitrogen and oxygen atoms in total. The van der Waals surface area contributed by atoms with Crippen LogP contribution in [0.5, 0.6) is 5.75 Å². The fraction of sp³-hybridized carbons (Fsp3) is 0.333. The van der Waals surface area contributed by atoms with Crippen molar-refractivity contribution >= 4 is 22.6 Å². The molecular formula is C15H17N3O3. The average molecular weight is 287 g/mol. The number of hydrogen-bond acceptors (Lipinski definition) is 6. The second-order valence-corrected chi connectivity index (χ2v) is 5.21. The van der Waals surface area contributed by atoms with E-state index in [-0.39, 0.29) is 11.8 Å². The lowest BCUT2D eigenvalue weighted by atomic mass is 10.1. The third-order valence-electron chi connectivity index (χ3n) is 3.81. The minimum absolute atomic E-state index is 0.0438. The third kappa shape index (κ3) is 2.38. The smallest absolute Gasteiger partial charge is 0.338 e. The number of carbonyl (C=O) groups is 1. The molecule has 1 aromatic carbocycles. The molecule has 1 aliphatic heterocycles. The van der Waals surface area contributed by atoms with E-state index in [1.807, 2.05) is 6.07 Å². The van der Waals surface area contributed by atoms with Gasteiger partial charge in [-0.15, -0.1) is 0 Å². The SMILES string of the molecule is COC(=O)c1ccc(O)c2ncc(N3CC[C@H](N)C3)cc12. The van der Waals surface area contributed by atoms with Gasteiger partial charge in [-0.05, 0) is 24.6 Å². The van der Waals surface area contributed by atoms with Crippen LogP contribution in [0.3, 0.4) is 0 Å². The number of aromatic nitrogens is 1. The number of hydrogen-bond donors (Lipinski definition) is 2. The second kappa shape index (κ2) is 5.21. The van der Waals surface area contributed by atoms with Crippen molar-refractivity contribution in [1.29, 1.82) is 0 Å². The molecule has 0 bridgehead atoms. The molecule has 3 rings (SSSR count). The molecule has 0 aliphatic carbocycles. The van der Waals surface area contributed by atoms with Crippen LogP contribution in [0.15, 0.2) is 24.4 Å². The Balaban J connectivity index is 2.12. The van der Waals surface area contributed by atoms with Gasteiger partial charge < -0.3 is 20.5 Å². The van der Waals surface area contributed by atoms with Gasteiger partial charge in [-0.25, -0.2) is 4.79 Å². The van der Waals surface area contributed by atoms with Crippen LogP contribution in [0.4, 0.5) is 5.69 Å². The molecule has 2 heterocycles. The highest BCUT2D eigenvalue weighted by atomic mass is 16.5. The maximum absolute atomic E-state index is 11.9. The highest BCUT2D eigenvalue weighted by Gasteiger charge is 2.21. The number of fused-ring (bicyclic) bond motifs is 1. The highest BCUT2D eigenvalue weighted by molar-refractivity contribution is 6.05. The van der Waals surface area contributed by atoms with E-state index < -0.39 is 5.97 Å². The molecule has 2 aromatic rings. The first-order chi connectivity index (χ1) is 10.1. The number of phenols is 1. The van der Waals surface area contributed by atoms with E-state index in [1.165, 1.54) is 13.2 Å². The predicted octanol–water partition coefficient (Wildman–Crippen LogP) is 1.26. The first-order valence-corrected chi connectivity index (χ1v) is 6.80. The van der Waals surface area contributed by atoms with Crippen LogP contribution in [0.25, 0.3) is 10.9 Å². The number of ether oxygens (including phenoxy) is 1. The van der Waals surface area contributed by atoms with Gasteiger partial charge in [0.1, 0.15) is 11.3 Å². The van der Waals surface area contributed by atoms with Gasteiger partial charge >= 0.3 is 5.97 Å². The first kappa shape index (κ1) is 13.6. The van der Waals surface area contributed by atoms with Crippen molar-refractivity contribution in [2.75, 3.05) is 25.1 Å². The van der Waals surface area contributed by atoms with Gasteiger partial charge in [-0.1, -0.05) is 0 Å². The zero-order chi connectivity index (χ0) is 15.0. The standard InChI is InChI=1S/C15H17N3O3/c1-21-15(20)11-2-3-13(19)14-12(11)6-10(7-17-14)18-5-4-9(16)8-18/h2-3,6-7,9,19H,4-5,8,16H2,1H3/t9-/m0/s1. The summed E-state index contributed by atoms with van der Waals surface area (Å²) in [5.41, 5.74) is 7.60. The van der Waals surface area contributed by atoms with Gasteiger partial charge in [-0.3, -0.25) is 4.98 Å². The van der Waals surface area contributed by atoms with Crippen molar-refractivity contribution in [3.05, 3.63) is 30.0 Å². The molecular weight excluding hydrogens is 270 g/mol. The van der Waals surface area contributed by atoms with Crippen LogP contribution in [0.2, 0.25) is 0 Å². The van der Waals surface area contributed by atoms with Gasteiger partial charge in [0.25, 0.3) is 0 Å². The predicted molar refractivity (Wildman–Crippen MR) is 79.6 cm³/mol. The summed E-state index contributed by atoms with van der Waals surface area (Å²) in [6.45, 7) is 1.63. The normalized spacial score (nSPS) is 18.2. The Kier molecular flexibility index (Phi) is 3.39. The Morgan fingerprint density at radius 1 is 1.52 bits per heavy atom. The summed E-state index contributed by atoms with van der Waals surface area (Å²) >= 11 is 0. The molecule has 1 fully saturated rings. The van der Waals surface area contributed by atoms with E-state index in [0.717, 1.165) is 25.2 Å². The number of phenolic OH excluding ortho intramolecular Hbond substituents is 1. The van der Waals surface area contributed by atoms with Crippen molar-refractivity contribution in [2.45, 2.75) is 12.5 Å². The van der Waals surface area contributed by atoms with Crippen LogP contribution < -0.4 is 10.6 Å². The molecule has 1 saturated heterocycles. The molecule has 0 radical (unpaired) electrons. The van der Waals surface area contributed by atoms with Crippen LogP contribution in [0.1, 0.15) is 16.8 Å². The number of pyridine rings is 1. The zero-order valence-corrected chi connectivity index (χ0v) is 11.7. The van der Waals surface area contributed by atoms with Crippen molar-refractivity contribution < 1.29 is 14.6 Å². The van der Waals surface area contributed by atoms with Gasteiger partial charge in [-0.2, -0.15) is 0 Å². The molecule has 0 unspecified atom stereocenters. The molecule has 21 heavy (non-hydrogen) atoms. The van der Waals surface area contributed by atoms with Gasteiger partial charge in [0.2, 0.25) is 0 Å². The van der Waals surface area contributed by atoms with Crippen LogP contribution in [-0.4, -0.2) is 42.3 Å². The summed E-state index contributed by atoms with van der Waals surface area (Å²) < 4.78 is 4.78. The number of carbonyl (C=O) groups excluding carboxylic acids is 1. The molecule has 1 aromatic heterocycles. The fourth-order valence-corrected chi connectivity index (χ4v) is 2.68. The van der Waals surface area contributed by atoms with E-state index in [2.05, 4.69) is 9.88 Å². The number of nitrogens with two attached hydrogens (primary N) is 1. The molecule has 1 atom stereocenters. The van der Waals surface area contributed by atoms with E-state index >= 15 is 0 Å². The van der Waals surface area contributed by atoms with Gasteiger partial charge in [0.15, 0.2) is 0 Å². The number of methoxy groups -OCH3 is 1. The van der Waals surface area contributed by atoms with Crippen molar-refractivity contribution in [3.8, 4) is 5.75 Å². The van der Waals surface area contributed by atoms with Crippen LogP contribution >= 0.6 is 0 Å². The number of aromatic hydroxyl groups is 1. The van der Waals surface area contributed by atoms with Crippen molar-refractivity contribution in [2.24, 2.45) is 5.73 Å². The third-order valence-corrected chi connectivity index (χ3v) is 3.81.